The lowest BCUT2D eigenvalue weighted by atomic mass is 10.2. The van der Waals surface area contributed by atoms with Gasteiger partial charge in [0, 0.05) is 36.9 Å². The van der Waals surface area contributed by atoms with Gasteiger partial charge in [0.05, 0.1) is 11.2 Å². The second-order valence-electron chi connectivity index (χ2n) is 6.38. The number of nitrogens with one attached hydrogen (secondary N) is 2. The summed E-state index contributed by atoms with van der Waals surface area (Å²) in [7, 11) is -3.94. The molecular weight excluding hydrogens is 455 g/mol. The summed E-state index contributed by atoms with van der Waals surface area (Å²) in [6.07, 6.45) is 6.50. The van der Waals surface area contributed by atoms with Crippen LogP contribution >= 0.6 is 24.0 Å². The molecule has 0 aliphatic heterocycles. The number of aromatic nitrogens is 2. The van der Waals surface area contributed by atoms with Gasteiger partial charge < -0.3 is 15.0 Å². The Morgan fingerprint density at radius 1 is 1.17 bits per heavy atom. The first-order chi connectivity index (χ1) is 13.8. The van der Waals surface area contributed by atoms with Crippen LogP contribution in [0.3, 0.4) is 0 Å². The summed E-state index contributed by atoms with van der Waals surface area (Å²) in [5.74, 6) is -1.33. The second-order valence-corrected chi connectivity index (χ2v) is 8.53. The minimum Gasteiger partial charge on any atom is -0.481 e. The van der Waals surface area contributed by atoms with Crippen molar-refractivity contribution in [3.8, 4) is 0 Å². The smallest absolute Gasteiger partial charge is 0.303 e. The molecule has 30 heavy (non-hydrogen) atoms. The number of carboxylic acids is 1. The Morgan fingerprint density at radius 3 is 2.47 bits per heavy atom. The number of amides is 1. The molecule has 2 aromatic rings. The molecule has 1 atom stereocenters. The maximum Gasteiger partial charge on any atom is 0.303 e. The fraction of sp³-hybridized carbons (Fsp3) is 0.389. The normalized spacial score (nSPS) is 12.0. The number of nitrogens with zero attached hydrogens (tertiary/aromatic N) is 2. The monoisotopic (exact) mass is 478 g/mol. The molecule has 1 amide bonds. The van der Waals surface area contributed by atoms with Crippen molar-refractivity contribution in [2.24, 2.45) is 0 Å². The number of unbranched alkanes of at least 4 members (excludes halogenated alkanes) is 2. The Bertz CT molecular complexity index is 905. The van der Waals surface area contributed by atoms with Crippen LogP contribution in [0.2, 0.25) is 5.02 Å². The van der Waals surface area contributed by atoms with E-state index < -0.39 is 27.9 Å². The van der Waals surface area contributed by atoms with Crippen molar-refractivity contribution in [3.05, 3.63) is 48.0 Å². The molecule has 0 unspecified atom stereocenters. The van der Waals surface area contributed by atoms with E-state index in [4.69, 9.17) is 16.7 Å². The number of hydrogen-bond donors (Lipinski definition) is 3. The summed E-state index contributed by atoms with van der Waals surface area (Å²) in [6, 6.07) is 4.58. The number of imidazole rings is 1. The molecule has 0 spiro atoms. The lowest BCUT2D eigenvalue weighted by Gasteiger charge is -2.19. The van der Waals surface area contributed by atoms with Crippen LogP contribution < -0.4 is 10.0 Å². The zero-order chi connectivity index (χ0) is 21.3. The van der Waals surface area contributed by atoms with Gasteiger partial charge in [-0.2, -0.15) is 4.72 Å². The molecule has 0 fully saturated rings. The molecule has 0 bridgehead atoms. The van der Waals surface area contributed by atoms with Crippen LogP contribution in [0.1, 0.15) is 25.7 Å². The summed E-state index contributed by atoms with van der Waals surface area (Å²) in [5, 5.41) is 11.7. The highest BCUT2D eigenvalue weighted by Crippen LogP contribution is 2.14. The minimum atomic E-state index is -3.94. The molecule has 9 nitrogen and oxygen atoms in total. The fourth-order valence-electron chi connectivity index (χ4n) is 2.56. The van der Waals surface area contributed by atoms with E-state index in [9.17, 15) is 18.0 Å². The predicted molar refractivity (Wildman–Crippen MR) is 114 cm³/mol. The number of rotatable bonds is 12. The number of carbonyl (C=O) groups excluding carboxylic acids is 1. The van der Waals surface area contributed by atoms with Gasteiger partial charge in [-0.15, -0.1) is 12.4 Å². The largest absolute Gasteiger partial charge is 0.481 e. The number of benzene rings is 1. The molecule has 0 aliphatic rings. The topological polar surface area (TPSA) is 130 Å². The van der Waals surface area contributed by atoms with Crippen LogP contribution in [0.25, 0.3) is 0 Å². The Kier molecular flexibility index (Phi) is 10.8. The van der Waals surface area contributed by atoms with Crippen LogP contribution in [-0.4, -0.2) is 47.5 Å². The van der Waals surface area contributed by atoms with Gasteiger partial charge in [0.2, 0.25) is 15.9 Å². The fourth-order valence-corrected chi connectivity index (χ4v) is 3.87. The number of hydrogen-bond acceptors (Lipinski definition) is 5. The van der Waals surface area contributed by atoms with Crippen LogP contribution in [0, 0.1) is 0 Å². The van der Waals surface area contributed by atoms with E-state index in [1.807, 2.05) is 0 Å². The third-order valence-corrected chi connectivity index (χ3v) is 5.80. The molecule has 0 saturated heterocycles. The molecule has 0 aliphatic carbocycles. The molecule has 0 saturated carbocycles. The lowest BCUT2D eigenvalue weighted by Crippen LogP contribution is -2.49. The number of sulfonamides is 1. The summed E-state index contributed by atoms with van der Waals surface area (Å²) < 4.78 is 29.3. The maximum absolute atomic E-state index is 12.7. The Morgan fingerprint density at radius 2 is 1.87 bits per heavy atom. The molecule has 2 rings (SSSR count). The molecule has 1 aromatic heterocycles. The van der Waals surface area contributed by atoms with Gasteiger partial charge >= 0.3 is 5.97 Å². The van der Waals surface area contributed by atoms with Gasteiger partial charge in [0.1, 0.15) is 6.04 Å². The average molecular weight is 479 g/mol. The van der Waals surface area contributed by atoms with Crippen LogP contribution in [-0.2, 0) is 26.2 Å². The first-order valence-electron chi connectivity index (χ1n) is 9.01. The van der Waals surface area contributed by atoms with Crippen molar-refractivity contribution in [1.82, 2.24) is 19.6 Å². The quantitative estimate of drug-likeness (QED) is 0.400. The molecule has 1 aromatic carbocycles. The number of aliphatic carboxylic acids is 1. The zero-order valence-corrected chi connectivity index (χ0v) is 18.4. The summed E-state index contributed by atoms with van der Waals surface area (Å²) >= 11 is 5.80. The minimum absolute atomic E-state index is 0. The predicted octanol–water partition coefficient (Wildman–Crippen LogP) is 2.07. The molecule has 0 radical (unpaired) electrons. The van der Waals surface area contributed by atoms with Crippen molar-refractivity contribution in [2.45, 2.75) is 43.2 Å². The summed E-state index contributed by atoms with van der Waals surface area (Å²) in [5.41, 5.74) is 0. The van der Waals surface area contributed by atoms with E-state index in [1.54, 1.807) is 10.8 Å². The van der Waals surface area contributed by atoms with Gasteiger partial charge in [-0.05, 0) is 37.1 Å². The molecular formula is C18H24Cl2N4O5S. The van der Waals surface area contributed by atoms with E-state index >= 15 is 0 Å². The van der Waals surface area contributed by atoms with Crippen molar-refractivity contribution in [3.63, 3.8) is 0 Å². The Balaban J connectivity index is 0.00000450. The van der Waals surface area contributed by atoms with Crippen molar-refractivity contribution < 1.29 is 23.1 Å². The van der Waals surface area contributed by atoms with E-state index in [2.05, 4.69) is 15.0 Å². The van der Waals surface area contributed by atoms with Crippen LogP contribution in [0.15, 0.2) is 47.9 Å². The van der Waals surface area contributed by atoms with Gasteiger partial charge in [-0.25, -0.2) is 13.4 Å². The molecule has 12 heteroatoms. The van der Waals surface area contributed by atoms with Crippen molar-refractivity contribution >= 4 is 45.9 Å². The van der Waals surface area contributed by atoms with E-state index in [1.165, 1.54) is 36.8 Å². The lowest BCUT2D eigenvalue weighted by molar-refractivity contribution is -0.137. The van der Waals surface area contributed by atoms with Gasteiger partial charge in [0.15, 0.2) is 0 Å². The average Bonchev–Trinajstić information content (AvgIpc) is 3.17. The third-order valence-electron chi connectivity index (χ3n) is 4.06. The standard InChI is InChI=1S/C18H23ClN4O5S.ClH/c19-14-5-7-15(8-6-14)29(27,28)22-16(12-23-11-10-20-13-23)18(26)21-9-3-1-2-4-17(24)25;/h5-8,10-11,13,16,22H,1-4,9,12H2,(H,21,26)(H,24,25);1H/t16-;/m0./s1. The second kappa shape index (κ2) is 12.5. The SMILES string of the molecule is Cl.O=C(O)CCCCCNC(=O)[C@H](Cn1ccnc1)NS(=O)(=O)c1ccc(Cl)cc1. The summed E-state index contributed by atoms with van der Waals surface area (Å²) in [4.78, 5) is 27.0. The first-order valence-corrected chi connectivity index (χ1v) is 10.9. The van der Waals surface area contributed by atoms with Crippen LogP contribution in [0.5, 0.6) is 0 Å². The molecule has 166 valence electrons. The highest BCUT2D eigenvalue weighted by atomic mass is 35.5. The van der Waals surface area contributed by atoms with Crippen molar-refractivity contribution in [1.29, 1.82) is 0 Å². The van der Waals surface area contributed by atoms with Crippen molar-refractivity contribution in [2.75, 3.05) is 6.54 Å². The first kappa shape index (κ1) is 25.9. The van der Waals surface area contributed by atoms with Gasteiger partial charge in [-0.3, -0.25) is 9.59 Å². The zero-order valence-electron chi connectivity index (χ0n) is 16.0. The molecule has 3 N–H and O–H groups in total. The maximum atomic E-state index is 12.7. The third kappa shape index (κ3) is 8.70. The Hall–Kier alpha value is -2.14. The van der Waals surface area contributed by atoms with Gasteiger partial charge in [-0.1, -0.05) is 18.0 Å². The van der Waals surface area contributed by atoms with E-state index in [-0.39, 0.29) is 30.3 Å². The number of halogens is 2. The van der Waals surface area contributed by atoms with Gasteiger partial charge in [0.25, 0.3) is 0 Å². The number of carbonyl (C=O) groups is 2. The Labute approximate surface area is 186 Å². The van der Waals surface area contributed by atoms with E-state index in [0.717, 1.165) is 0 Å². The van der Waals surface area contributed by atoms with Crippen LogP contribution in [0.4, 0.5) is 0 Å². The van der Waals surface area contributed by atoms with E-state index in [0.29, 0.717) is 30.8 Å². The number of carboxylic acid groups (broad SMARTS) is 1. The highest BCUT2D eigenvalue weighted by Gasteiger charge is 2.26. The highest BCUT2D eigenvalue weighted by molar-refractivity contribution is 7.89. The molecule has 1 heterocycles. The summed E-state index contributed by atoms with van der Waals surface area (Å²) in [6.45, 7) is 0.388.